The molecule has 0 saturated heterocycles. The van der Waals surface area contributed by atoms with Crippen molar-refractivity contribution in [3.63, 3.8) is 0 Å². The number of para-hydroxylation sites is 1. The number of methoxy groups -OCH3 is 1. The van der Waals surface area contributed by atoms with Crippen molar-refractivity contribution in [2.75, 3.05) is 20.2 Å². The first-order chi connectivity index (χ1) is 8.17. The molecule has 0 bridgehead atoms. The molecular formula is C13H21N3O. The lowest BCUT2D eigenvalue weighted by Crippen LogP contribution is -2.27. The smallest absolute Gasteiger partial charge is 0.123 e. The van der Waals surface area contributed by atoms with E-state index in [1.165, 1.54) is 5.56 Å². The molecule has 4 nitrogen and oxygen atoms in total. The predicted octanol–water partition coefficient (Wildman–Crippen LogP) is 1.84. The number of rotatable bonds is 7. The molecule has 0 amide bonds. The molecule has 1 rings (SSSR count). The summed E-state index contributed by atoms with van der Waals surface area (Å²) in [7, 11) is 1.69. The summed E-state index contributed by atoms with van der Waals surface area (Å²) in [6.07, 6.45) is 0.614. The van der Waals surface area contributed by atoms with Crippen molar-refractivity contribution in [3.8, 4) is 5.75 Å². The Balaban J connectivity index is 2.63. The van der Waals surface area contributed by atoms with Crippen molar-refractivity contribution in [1.29, 1.82) is 5.41 Å². The van der Waals surface area contributed by atoms with Gasteiger partial charge in [-0.1, -0.05) is 25.1 Å². The van der Waals surface area contributed by atoms with E-state index in [9.17, 15) is 0 Å². The largest absolute Gasteiger partial charge is 0.496 e. The van der Waals surface area contributed by atoms with E-state index in [0.29, 0.717) is 6.42 Å². The number of nitrogens with zero attached hydrogens (tertiary/aromatic N) is 1. The fraction of sp³-hybridized carbons (Fsp3) is 0.462. The molecule has 0 aliphatic heterocycles. The van der Waals surface area contributed by atoms with Crippen LogP contribution < -0.4 is 10.5 Å². The summed E-state index contributed by atoms with van der Waals surface area (Å²) >= 11 is 0. The van der Waals surface area contributed by atoms with Gasteiger partial charge in [-0.25, -0.2) is 0 Å². The lowest BCUT2D eigenvalue weighted by atomic mass is 10.2. The van der Waals surface area contributed by atoms with E-state index in [0.717, 1.165) is 25.4 Å². The molecule has 94 valence electrons. The zero-order valence-electron chi connectivity index (χ0n) is 10.6. The van der Waals surface area contributed by atoms with Crippen molar-refractivity contribution in [2.45, 2.75) is 19.9 Å². The van der Waals surface area contributed by atoms with Crippen LogP contribution in [-0.2, 0) is 6.54 Å². The van der Waals surface area contributed by atoms with Gasteiger partial charge in [-0.2, -0.15) is 0 Å². The number of amidine groups is 1. The Kier molecular flexibility index (Phi) is 5.49. The Morgan fingerprint density at radius 3 is 2.71 bits per heavy atom. The van der Waals surface area contributed by atoms with E-state index in [2.05, 4.69) is 17.9 Å². The number of ether oxygens (including phenoxy) is 1. The summed E-state index contributed by atoms with van der Waals surface area (Å²) in [5.41, 5.74) is 6.54. The van der Waals surface area contributed by atoms with Crippen LogP contribution in [0.15, 0.2) is 24.3 Å². The first-order valence-electron chi connectivity index (χ1n) is 5.84. The van der Waals surface area contributed by atoms with E-state index in [-0.39, 0.29) is 5.84 Å². The Morgan fingerprint density at radius 1 is 1.41 bits per heavy atom. The summed E-state index contributed by atoms with van der Waals surface area (Å²) < 4.78 is 5.32. The highest BCUT2D eigenvalue weighted by Crippen LogP contribution is 2.19. The molecule has 0 atom stereocenters. The Bertz CT molecular complexity index is 365. The van der Waals surface area contributed by atoms with Crippen molar-refractivity contribution < 1.29 is 4.74 Å². The van der Waals surface area contributed by atoms with Gasteiger partial charge in [0, 0.05) is 25.1 Å². The third-order valence-corrected chi connectivity index (χ3v) is 2.73. The molecule has 0 aliphatic carbocycles. The van der Waals surface area contributed by atoms with Gasteiger partial charge in [0.1, 0.15) is 5.75 Å². The molecule has 3 N–H and O–H groups in total. The third-order valence-electron chi connectivity index (χ3n) is 2.73. The van der Waals surface area contributed by atoms with Crippen LogP contribution >= 0.6 is 0 Å². The molecular weight excluding hydrogens is 214 g/mol. The standard InChI is InChI=1S/C13H21N3O/c1-3-16(9-8-13(14)15)10-11-6-4-5-7-12(11)17-2/h4-7H,3,8-10H2,1-2H3,(H3,14,15). The van der Waals surface area contributed by atoms with Gasteiger partial charge in [-0.05, 0) is 12.6 Å². The van der Waals surface area contributed by atoms with Gasteiger partial charge in [0.05, 0.1) is 12.9 Å². The van der Waals surface area contributed by atoms with Crippen LogP contribution in [0.4, 0.5) is 0 Å². The number of nitrogens with two attached hydrogens (primary N) is 1. The lowest BCUT2D eigenvalue weighted by molar-refractivity contribution is 0.282. The molecule has 0 unspecified atom stereocenters. The van der Waals surface area contributed by atoms with Gasteiger partial charge in [0.25, 0.3) is 0 Å². The summed E-state index contributed by atoms with van der Waals surface area (Å²) in [5, 5.41) is 7.25. The summed E-state index contributed by atoms with van der Waals surface area (Å²) in [5.74, 6) is 1.15. The summed E-state index contributed by atoms with van der Waals surface area (Å²) in [6, 6.07) is 8.01. The first-order valence-corrected chi connectivity index (χ1v) is 5.84. The molecule has 1 aromatic rings. The zero-order chi connectivity index (χ0) is 12.7. The Morgan fingerprint density at radius 2 is 2.12 bits per heavy atom. The topological polar surface area (TPSA) is 62.3 Å². The maximum Gasteiger partial charge on any atom is 0.123 e. The monoisotopic (exact) mass is 235 g/mol. The SMILES string of the molecule is CCN(CCC(=N)N)Cc1ccccc1OC. The van der Waals surface area contributed by atoms with E-state index in [1.54, 1.807) is 7.11 Å². The number of hydrogen-bond donors (Lipinski definition) is 2. The highest BCUT2D eigenvalue weighted by Gasteiger charge is 2.07. The van der Waals surface area contributed by atoms with E-state index in [4.69, 9.17) is 15.9 Å². The summed E-state index contributed by atoms with van der Waals surface area (Å²) in [6.45, 7) is 4.68. The van der Waals surface area contributed by atoms with Crippen molar-refractivity contribution >= 4 is 5.84 Å². The normalized spacial score (nSPS) is 10.5. The van der Waals surface area contributed by atoms with Gasteiger partial charge in [0.2, 0.25) is 0 Å². The minimum absolute atomic E-state index is 0.239. The molecule has 0 aliphatic rings. The molecule has 0 fully saturated rings. The van der Waals surface area contributed by atoms with Crippen LogP contribution in [0.25, 0.3) is 0 Å². The quantitative estimate of drug-likeness (QED) is 0.560. The van der Waals surface area contributed by atoms with Crippen LogP contribution in [-0.4, -0.2) is 30.9 Å². The second-order valence-electron chi connectivity index (χ2n) is 3.96. The molecule has 0 saturated carbocycles. The maximum atomic E-state index is 7.25. The predicted molar refractivity (Wildman–Crippen MR) is 70.5 cm³/mol. The molecule has 0 radical (unpaired) electrons. The molecule has 17 heavy (non-hydrogen) atoms. The minimum Gasteiger partial charge on any atom is -0.496 e. The molecule has 0 spiro atoms. The molecule has 4 heteroatoms. The number of benzene rings is 1. The average Bonchev–Trinajstić information content (AvgIpc) is 2.34. The third kappa shape index (κ3) is 4.44. The first kappa shape index (κ1) is 13.5. The van der Waals surface area contributed by atoms with E-state index < -0.39 is 0 Å². The minimum atomic E-state index is 0.239. The molecule has 1 aromatic carbocycles. The zero-order valence-corrected chi connectivity index (χ0v) is 10.6. The maximum absolute atomic E-state index is 7.25. The van der Waals surface area contributed by atoms with Crippen LogP contribution in [0.5, 0.6) is 5.75 Å². The molecule has 0 aromatic heterocycles. The van der Waals surface area contributed by atoms with E-state index >= 15 is 0 Å². The average molecular weight is 235 g/mol. The van der Waals surface area contributed by atoms with Gasteiger partial charge >= 0.3 is 0 Å². The van der Waals surface area contributed by atoms with Gasteiger partial charge in [-0.3, -0.25) is 10.3 Å². The van der Waals surface area contributed by atoms with Crippen LogP contribution in [0.3, 0.4) is 0 Å². The molecule has 0 heterocycles. The van der Waals surface area contributed by atoms with E-state index in [1.807, 2.05) is 18.2 Å². The Labute approximate surface area is 103 Å². The fourth-order valence-corrected chi connectivity index (χ4v) is 1.70. The second kappa shape index (κ2) is 6.91. The van der Waals surface area contributed by atoms with Gasteiger partial charge in [0.15, 0.2) is 0 Å². The Hall–Kier alpha value is -1.55. The highest BCUT2D eigenvalue weighted by molar-refractivity contribution is 5.76. The fourth-order valence-electron chi connectivity index (χ4n) is 1.70. The van der Waals surface area contributed by atoms with Crippen molar-refractivity contribution in [1.82, 2.24) is 4.90 Å². The second-order valence-corrected chi connectivity index (χ2v) is 3.96. The number of hydrogen-bond acceptors (Lipinski definition) is 3. The highest BCUT2D eigenvalue weighted by atomic mass is 16.5. The van der Waals surface area contributed by atoms with Crippen molar-refractivity contribution in [2.24, 2.45) is 5.73 Å². The van der Waals surface area contributed by atoms with Gasteiger partial charge < -0.3 is 10.5 Å². The summed E-state index contributed by atoms with van der Waals surface area (Å²) in [4.78, 5) is 2.25. The van der Waals surface area contributed by atoms with Crippen LogP contribution in [0.1, 0.15) is 18.9 Å². The lowest BCUT2D eigenvalue weighted by Gasteiger charge is -2.21. The van der Waals surface area contributed by atoms with Crippen molar-refractivity contribution in [3.05, 3.63) is 29.8 Å². The van der Waals surface area contributed by atoms with Crippen LogP contribution in [0, 0.1) is 5.41 Å². The van der Waals surface area contributed by atoms with Gasteiger partial charge in [-0.15, -0.1) is 0 Å². The van der Waals surface area contributed by atoms with Crippen LogP contribution in [0.2, 0.25) is 0 Å². The number of nitrogens with one attached hydrogen (secondary N) is 1.